The number of rotatable bonds is 8. The highest BCUT2D eigenvalue weighted by Gasteiger charge is 2.26. The second-order valence-electron chi connectivity index (χ2n) is 8.54. The van der Waals surface area contributed by atoms with Gasteiger partial charge in [-0.2, -0.15) is 0 Å². The highest BCUT2D eigenvalue weighted by Crippen LogP contribution is 2.35. The van der Waals surface area contributed by atoms with E-state index in [1.165, 1.54) is 6.08 Å². The molecule has 3 aromatic rings. The second-order valence-corrected chi connectivity index (χ2v) is 8.54. The molecule has 174 valence electrons. The summed E-state index contributed by atoms with van der Waals surface area (Å²) in [6, 6.07) is 22.9. The van der Waals surface area contributed by atoms with Crippen molar-refractivity contribution in [2.24, 2.45) is 5.92 Å². The molecule has 34 heavy (non-hydrogen) atoms. The van der Waals surface area contributed by atoms with Crippen LogP contribution in [-0.4, -0.2) is 25.0 Å². The molecule has 0 aromatic heterocycles. The molecule has 1 aliphatic heterocycles. The SMILES string of the molecule is CC(C)CN1C(=O)COc2ccc(NC(=O)/C=C/c3ccc(OCc4ccccc4)cc3)cc21. The Balaban J connectivity index is 1.36. The summed E-state index contributed by atoms with van der Waals surface area (Å²) in [5, 5.41) is 2.86. The number of carbonyl (C=O) groups is 2. The summed E-state index contributed by atoms with van der Waals surface area (Å²) in [6.07, 6.45) is 3.22. The molecule has 0 aliphatic carbocycles. The first-order valence-corrected chi connectivity index (χ1v) is 11.3. The Bertz CT molecular complexity index is 1170. The molecule has 0 saturated carbocycles. The number of hydrogen-bond acceptors (Lipinski definition) is 4. The van der Waals surface area contributed by atoms with E-state index in [-0.39, 0.29) is 18.4 Å². The van der Waals surface area contributed by atoms with Gasteiger partial charge in [0.25, 0.3) is 5.91 Å². The molecule has 0 spiro atoms. The molecule has 0 radical (unpaired) electrons. The normalized spacial score (nSPS) is 13.0. The monoisotopic (exact) mass is 456 g/mol. The zero-order chi connectivity index (χ0) is 23.9. The number of fused-ring (bicyclic) bond motifs is 1. The fraction of sp³-hybridized carbons (Fsp3) is 0.214. The Morgan fingerprint density at radius 3 is 2.59 bits per heavy atom. The van der Waals surface area contributed by atoms with Gasteiger partial charge in [0, 0.05) is 18.3 Å². The highest BCUT2D eigenvalue weighted by molar-refractivity contribution is 6.03. The van der Waals surface area contributed by atoms with Gasteiger partial charge in [-0.3, -0.25) is 9.59 Å². The van der Waals surface area contributed by atoms with E-state index >= 15 is 0 Å². The van der Waals surface area contributed by atoms with Crippen LogP contribution in [0, 0.1) is 5.92 Å². The molecule has 0 atom stereocenters. The van der Waals surface area contributed by atoms with E-state index in [1.807, 2.05) is 54.6 Å². The highest BCUT2D eigenvalue weighted by atomic mass is 16.5. The average molecular weight is 457 g/mol. The predicted molar refractivity (Wildman–Crippen MR) is 134 cm³/mol. The van der Waals surface area contributed by atoms with Crippen LogP contribution in [0.3, 0.4) is 0 Å². The molecule has 0 unspecified atom stereocenters. The quantitative estimate of drug-likeness (QED) is 0.467. The maximum absolute atomic E-state index is 12.5. The largest absolute Gasteiger partial charge is 0.489 e. The number of nitrogens with zero attached hydrogens (tertiary/aromatic N) is 1. The van der Waals surface area contributed by atoms with E-state index in [1.54, 1.807) is 29.2 Å². The Hall–Kier alpha value is -4.06. The van der Waals surface area contributed by atoms with Gasteiger partial charge in [0.05, 0.1) is 5.69 Å². The molecular weight excluding hydrogens is 428 g/mol. The summed E-state index contributed by atoms with van der Waals surface area (Å²) in [6.45, 7) is 5.24. The van der Waals surface area contributed by atoms with Crippen LogP contribution in [0.1, 0.15) is 25.0 Å². The lowest BCUT2D eigenvalue weighted by atomic mass is 10.1. The summed E-state index contributed by atoms with van der Waals surface area (Å²) in [5.74, 6) is 1.38. The van der Waals surface area contributed by atoms with Crippen molar-refractivity contribution in [3.8, 4) is 11.5 Å². The molecule has 2 amide bonds. The Morgan fingerprint density at radius 2 is 1.85 bits per heavy atom. The van der Waals surface area contributed by atoms with Crippen LogP contribution >= 0.6 is 0 Å². The van der Waals surface area contributed by atoms with Crippen molar-refractivity contribution in [2.45, 2.75) is 20.5 Å². The van der Waals surface area contributed by atoms with E-state index < -0.39 is 0 Å². The molecule has 1 N–H and O–H groups in total. The summed E-state index contributed by atoms with van der Waals surface area (Å²) < 4.78 is 11.3. The fourth-order valence-corrected chi connectivity index (χ4v) is 3.62. The number of hydrogen-bond donors (Lipinski definition) is 1. The van der Waals surface area contributed by atoms with Gasteiger partial charge >= 0.3 is 0 Å². The number of benzene rings is 3. The molecule has 1 aliphatic rings. The van der Waals surface area contributed by atoms with Gasteiger partial charge in [-0.05, 0) is 53.5 Å². The Labute approximate surface area is 199 Å². The van der Waals surface area contributed by atoms with Crippen molar-refractivity contribution in [3.05, 3.63) is 90.0 Å². The second kappa shape index (κ2) is 10.7. The minimum Gasteiger partial charge on any atom is -0.489 e. The standard InChI is InChI=1S/C28H28N2O4/c1-20(2)17-30-25-16-23(11-14-26(25)34-19-28(30)32)29-27(31)15-10-21-8-12-24(13-9-21)33-18-22-6-4-3-5-7-22/h3-16,20H,17-19H2,1-2H3,(H,29,31)/b15-10+. The number of carbonyl (C=O) groups excluding carboxylic acids is 2. The zero-order valence-corrected chi connectivity index (χ0v) is 19.4. The minimum atomic E-state index is -0.261. The topological polar surface area (TPSA) is 67.9 Å². The lowest BCUT2D eigenvalue weighted by molar-refractivity contribution is -0.121. The maximum Gasteiger partial charge on any atom is 0.265 e. The zero-order valence-electron chi connectivity index (χ0n) is 19.4. The lowest BCUT2D eigenvalue weighted by Crippen LogP contribution is -2.41. The number of ether oxygens (including phenoxy) is 2. The van der Waals surface area contributed by atoms with Gasteiger partial charge in [-0.1, -0.05) is 56.3 Å². The van der Waals surface area contributed by atoms with Crippen LogP contribution in [0.4, 0.5) is 11.4 Å². The third-order valence-corrected chi connectivity index (χ3v) is 5.27. The van der Waals surface area contributed by atoms with Crippen LogP contribution in [-0.2, 0) is 16.2 Å². The van der Waals surface area contributed by atoms with E-state index in [0.717, 1.165) is 16.9 Å². The molecule has 6 nitrogen and oxygen atoms in total. The smallest absolute Gasteiger partial charge is 0.265 e. The molecule has 4 rings (SSSR count). The van der Waals surface area contributed by atoms with Gasteiger partial charge < -0.3 is 19.7 Å². The van der Waals surface area contributed by atoms with E-state index in [4.69, 9.17) is 9.47 Å². The summed E-state index contributed by atoms with van der Waals surface area (Å²) >= 11 is 0. The average Bonchev–Trinajstić information content (AvgIpc) is 2.84. The Kier molecular flexibility index (Phi) is 7.28. The molecule has 3 aromatic carbocycles. The van der Waals surface area contributed by atoms with Gasteiger partial charge in [0.1, 0.15) is 18.1 Å². The van der Waals surface area contributed by atoms with E-state index in [2.05, 4.69) is 19.2 Å². The van der Waals surface area contributed by atoms with Crippen LogP contribution in [0.15, 0.2) is 78.9 Å². The molecule has 0 saturated heterocycles. The van der Waals surface area contributed by atoms with Gasteiger partial charge in [0.2, 0.25) is 5.91 Å². The number of anilines is 2. The lowest BCUT2D eigenvalue weighted by Gasteiger charge is -2.31. The van der Waals surface area contributed by atoms with Crippen LogP contribution in [0.2, 0.25) is 0 Å². The van der Waals surface area contributed by atoms with Gasteiger partial charge in [-0.15, -0.1) is 0 Å². The fourth-order valence-electron chi connectivity index (χ4n) is 3.62. The number of nitrogens with one attached hydrogen (secondary N) is 1. The van der Waals surface area contributed by atoms with Gasteiger partial charge in [-0.25, -0.2) is 0 Å². The van der Waals surface area contributed by atoms with E-state index in [0.29, 0.717) is 36.2 Å². The van der Waals surface area contributed by atoms with Crippen molar-refractivity contribution in [3.63, 3.8) is 0 Å². The van der Waals surface area contributed by atoms with Crippen LogP contribution in [0.25, 0.3) is 6.08 Å². The van der Waals surface area contributed by atoms with Crippen molar-refractivity contribution < 1.29 is 19.1 Å². The first kappa shape index (κ1) is 23.1. The summed E-state index contributed by atoms with van der Waals surface area (Å²) in [5.41, 5.74) is 3.27. The van der Waals surface area contributed by atoms with Gasteiger partial charge in [0.15, 0.2) is 6.61 Å². The van der Waals surface area contributed by atoms with Crippen molar-refractivity contribution in [1.29, 1.82) is 0 Å². The van der Waals surface area contributed by atoms with Crippen LogP contribution < -0.4 is 19.7 Å². The minimum absolute atomic E-state index is 0.0320. The predicted octanol–water partition coefficient (Wildman–Crippen LogP) is 5.30. The van der Waals surface area contributed by atoms with Crippen molar-refractivity contribution in [2.75, 3.05) is 23.4 Å². The molecule has 0 bridgehead atoms. The van der Waals surface area contributed by atoms with Crippen molar-refractivity contribution in [1.82, 2.24) is 0 Å². The first-order chi connectivity index (χ1) is 16.5. The molecular formula is C28H28N2O4. The summed E-state index contributed by atoms with van der Waals surface area (Å²) in [4.78, 5) is 26.5. The maximum atomic E-state index is 12.5. The third kappa shape index (κ3) is 6.04. The Morgan fingerprint density at radius 1 is 1.09 bits per heavy atom. The molecule has 0 fully saturated rings. The van der Waals surface area contributed by atoms with E-state index in [9.17, 15) is 9.59 Å². The number of amides is 2. The third-order valence-electron chi connectivity index (χ3n) is 5.27. The first-order valence-electron chi connectivity index (χ1n) is 11.3. The van der Waals surface area contributed by atoms with Crippen molar-refractivity contribution >= 4 is 29.3 Å². The van der Waals surface area contributed by atoms with Crippen LogP contribution in [0.5, 0.6) is 11.5 Å². The molecule has 6 heteroatoms. The summed E-state index contributed by atoms with van der Waals surface area (Å²) in [7, 11) is 0. The molecule has 1 heterocycles.